The lowest BCUT2D eigenvalue weighted by atomic mass is 10.1. The average Bonchev–Trinajstić information content (AvgIpc) is 3.04. The quantitative estimate of drug-likeness (QED) is 0.0692. The second kappa shape index (κ2) is 16.9. The molecule has 0 aliphatic heterocycles. The third-order valence-electron chi connectivity index (χ3n) is 6.77. The van der Waals surface area contributed by atoms with Crippen LogP contribution < -0.4 is 9.47 Å². The first-order chi connectivity index (χ1) is 21.1. The highest BCUT2D eigenvalue weighted by atomic mass is 32.2. The van der Waals surface area contributed by atoms with Crippen molar-refractivity contribution in [2.45, 2.75) is 62.1 Å². The van der Waals surface area contributed by atoms with Crippen molar-refractivity contribution in [1.82, 2.24) is 0 Å². The number of aldehydes is 2. The molecule has 0 aliphatic rings. The minimum Gasteiger partial charge on any atom is -0.489 e. The smallest absolute Gasteiger partial charge is 0.342 e. The number of hydrogen-bond donors (Lipinski definition) is 0. The van der Waals surface area contributed by atoms with Crippen LogP contribution in [0.4, 0.5) is 0 Å². The fraction of sp³-hybridized carbons (Fsp3) is 0.250. The van der Waals surface area contributed by atoms with Crippen LogP contribution in [0.3, 0.4) is 0 Å². The van der Waals surface area contributed by atoms with Crippen LogP contribution in [-0.2, 0) is 22.7 Å². The molecule has 4 aromatic rings. The predicted molar refractivity (Wildman–Crippen MR) is 169 cm³/mol. The van der Waals surface area contributed by atoms with Gasteiger partial charge in [-0.2, -0.15) is 0 Å². The first-order valence-electron chi connectivity index (χ1n) is 14.4. The molecule has 4 rings (SSSR count). The van der Waals surface area contributed by atoms with Gasteiger partial charge in [0.1, 0.15) is 36.6 Å². The first kappa shape index (κ1) is 31.6. The van der Waals surface area contributed by atoms with E-state index in [0.717, 1.165) is 35.2 Å². The van der Waals surface area contributed by atoms with Crippen LogP contribution >= 0.6 is 11.8 Å². The summed E-state index contributed by atoms with van der Waals surface area (Å²) >= 11 is 1.68. The number of rotatable bonds is 17. The summed E-state index contributed by atoms with van der Waals surface area (Å²) in [6.45, 7) is 2.33. The van der Waals surface area contributed by atoms with E-state index >= 15 is 0 Å². The summed E-state index contributed by atoms with van der Waals surface area (Å²) in [6.07, 6.45) is 3.83. The van der Waals surface area contributed by atoms with Crippen LogP contribution in [0.15, 0.2) is 108 Å². The molecule has 0 bridgehead atoms. The Kier molecular flexibility index (Phi) is 12.4. The fourth-order valence-corrected chi connectivity index (χ4v) is 5.71. The molecule has 0 aliphatic carbocycles. The van der Waals surface area contributed by atoms with E-state index in [1.165, 1.54) is 6.07 Å². The average molecular weight is 597 g/mol. The number of hydrogen-bond acceptors (Lipinski definition) is 7. The predicted octanol–water partition coefficient (Wildman–Crippen LogP) is 8.12. The standard InChI is InChI=1S/C36H36O6S/c1-27(12-11-19-33(20-21-37)43-32-17-9-4-10-18-32)42-36(39)35-30(24-38)22-31(40-25-28-13-5-2-6-14-28)23-34(35)41-26-29-15-7-3-8-16-29/h2-10,13-18,21-24,27,33H,11-12,19-20,25-26H2,1H3. The van der Waals surface area contributed by atoms with Crippen molar-refractivity contribution < 1.29 is 28.6 Å². The first-order valence-corrected chi connectivity index (χ1v) is 15.3. The summed E-state index contributed by atoms with van der Waals surface area (Å²) in [5, 5.41) is 0.144. The molecule has 2 unspecified atom stereocenters. The minimum absolute atomic E-state index is 0.0725. The van der Waals surface area contributed by atoms with Gasteiger partial charge in [0.2, 0.25) is 0 Å². The summed E-state index contributed by atoms with van der Waals surface area (Å²) in [6, 6.07) is 32.4. The molecule has 222 valence electrons. The third kappa shape index (κ3) is 10.1. The molecule has 4 aromatic carbocycles. The zero-order chi connectivity index (χ0) is 30.3. The topological polar surface area (TPSA) is 78.9 Å². The van der Waals surface area contributed by atoms with Gasteiger partial charge in [-0.05, 0) is 55.5 Å². The number of carbonyl (C=O) groups excluding carboxylic acids is 3. The largest absolute Gasteiger partial charge is 0.489 e. The van der Waals surface area contributed by atoms with Crippen LogP contribution in [0.2, 0.25) is 0 Å². The van der Waals surface area contributed by atoms with E-state index in [1.807, 2.05) is 97.9 Å². The zero-order valence-electron chi connectivity index (χ0n) is 24.2. The molecule has 0 heterocycles. The van der Waals surface area contributed by atoms with E-state index < -0.39 is 12.1 Å². The highest BCUT2D eigenvalue weighted by molar-refractivity contribution is 8.00. The van der Waals surface area contributed by atoms with Crippen LogP contribution in [0.5, 0.6) is 11.5 Å². The summed E-state index contributed by atoms with van der Waals surface area (Å²) in [4.78, 5) is 38.0. The van der Waals surface area contributed by atoms with Gasteiger partial charge in [-0.15, -0.1) is 11.8 Å². The van der Waals surface area contributed by atoms with E-state index in [2.05, 4.69) is 0 Å². The molecule has 0 fully saturated rings. The Morgan fingerprint density at radius 2 is 1.40 bits per heavy atom. The normalized spacial score (nSPS) is 12.1. The number of esters is 1. The van der Waals surface area contributed by atoms with Gasteiger partial charge in [-0.25, -0.2) is 4.79 Å². The van der Waals surface area contributed by atoms with E-state index in [9.17, 15) is 14.4 Å². The molecule has 0 radical (unpaired) electrons. The maximum Gasteiger partial charge on any atom is 0.342 e. The van der Waals surface area contributed by atoms with Crippen molar-refractivity contribution in [3.63, 3.8) is 0 Å². The molecule has 0 saturated carbocycles. The maximum absolute atomic E-state index is 13.4. The molecule has 2 atom stereocenters. The third-order valence-corrected chi connectivity index (χ3v) is 8.08. The monoisotopic (exact) mass is 596 g/mol. The molecule has 0 aromatic heterocycles. The Balaban J connectivity index is 1.44. The Hall–Kier alpha value is -4.36. The van der Waals surface area contributed by atoms with E-state index in [0.29, 0.717) is 31.5 Å². The Bertz CT molecular complexity index is 1440. The van der Waals surface area contributed by atoms with Crippen LogP contribution in [0, 0.1) is 0 Å². The molecule has 7 heteroatoms. The van der Waals surface area contributed by atoms with Crippen molar-refractivity contribution in [2.75, 3.05) is 0 Å². The second-order valence-corrected chi connectivity index (χ2v) is 11.5. The lowest BCUT2D eigenvalue weighted by molar-refractivity contribution is -0.107. The van der Waals surface area contributed by atoms with Gasteiger partial charge in [0.15, 0.2) is 6.29 Å². The molecule has 0 amide bonds. The Morgan fingerprint density at radius 3 is 2.00 bits per heavy atom. The van der Waals surface area contributed by atoms with Crippen LogP contribution in [0.1, 0.15) is 64.4 Å². The molecule has 0 spiro atoms. The Labute approximate surface area is 257 Å². The van der Waals surface area contributed by atoms with E-state index in [-0.39, 0.29) is 28.7 Å². The Morgan fingerprint density at radius 1 is 0.791 bits per heavy atom. The zero-order valence-corrected chi connectivity index (χ0v) is 25.0. The van der Waals surface area contributed by atoms with Crippen LogP contribution in [0.25, 0.3) is 0 Å². The fourth-order valence-electron chi connectivity index (χ4n) is 4.55. The summed E-state index contributed by atoms with van der Waals surface area (Å²) < 4.78 is 17.9. The second-order valence-electron chi connectivity index (χ2n) is 10.2. The van der Waals surface area contributed by atoms with Crippen molar-refractivity contribution in [3.05, 3.63) is 125 Å². The number of thioether (sulfide) groups is 1. The number of benzene rings is 4. The van der Waals surface area contributed by atoms with Gasteiger partial charge >= 0.3 is 5.97 Å². The molecular weight excluding hydrogens is 560 g/mol. The SMILES string of the molecule is CC(CCCC(CC=O)Sc1ccccc1)OC(=O)c1c(C=O)cc(OCc2ccccc2)cc1OCc1ccccc1. The molecular formula is C36H36O6S. The van der Waals surface area contributed by atoms with Gasteiger partial charge in [0, 0.05) is 28.2 Å². The maximum atomic E-state index is 13.4. The van der Waals surface area contributed by atoms with Gasteiger partial charge in [0.25, 0.3) is 0 Å². The van der Waals surface area contributed by atoms with E-state index in [1.54, 1.807) is 17.8 Å². The molecule has 6 nitrogen and oxygen atoms in total. The van der Waals surface area contributed by atoms with Gasteiger partial charge in [-0.1, -0.05) is 78.9 Å². The highest BCUT2D eigenvalue weighted by Crippen LogP contribution is 2.32. The number of ether oxygens (including phenoxy) is 3. The molecule has 0 N–H and O–H groups in total. The van der Waals surface area contributed by atoms with E-state index in [4.69, 9.17) is 14.2 Å². The molecule has 43 heavy (non-hydrogen) atoms. The van der Waals surface area contributed by atoms with Crippen LogP contribution in [-0.4, -0.2) is 29.9 Å². The summed E-state index contributed by atoms with van der Waals surface area (Å²) in [7, 11) is 0. The van der Waals surface area contributed by atoms with Gasteiger partial charge < -0.3 is 19.0 Å². The highest BCUT2D eigenvalue weighted by Gasteiger charge is 2.23. The number of carbonyl (C=O) groups is 3. The minimum atomic E-state index is -0.629. The lowest BCUT2D eigenvalue weighted by Crippen LogP contribution is -2.18. The van der Waals surface area contributed by atoms with Crippen molar-refractivity contribution in [1.29, 1.82) is 0 Å². The van der Waals surface area contributed by atoms with Crippen molar-refractivity contribution in [2.24, 2.45) is 0 Å². The summed E-state index contributed by atoms with van der Waals surface area (Å²) in [5.41, 5.74) is 2.09. The van der Waals surface area contributed by atoms with Gasteiger partial charge in [0.05, 0.1) is 6.10 Å². The summed E-state index contributed by atoms with van der Waals surface area (Å²) in [5.74, 6) is 0.00476. The lowest BCUT2D eigenvalue weighted by Gasteiger charge is -2.19. The van der Waals surface area contributed by atoms with Gasteiger partial charge in [-0.3, -0.25) is 4.79 Å². The van der Waals surface area contributed by atoms with Crippen molar-refractivity contribution >= 4 is 30.3 Å². The van der Waals surface area contributed by atoms with Crippen molar-refractivity contribution in [3.8, 4) is 11.5 Å². The molecule has 0 saturated heterocycles.